The van der Waals surface area contributed by atoms with E-state index in [0.29, 0.717) is 12.5 Å². The molecule has 0 aromatic heterocycles. The predicted octanol–water partition coefficient (Wildman–Crippen LogP) is -0.490. The van der Waals surface area contributed by atoms with Crippen molar-refractivity contribution < 1.29 is 19.8 Å². The van der Waals surface area contributed by atoms with Crippen LogP contribution in [0.3, 0.4) is 0 Å². The molecule has 0 saturated carbocycles. The van der Waals surface area contributed by atoms with Crippen molar-refractivity contribution in [3.8, 4) is 0 Å². The number of carbonyl (C=O) groups excluding carboxylic acids is 1. The summed E-state index contributed by atoms with van der Waals surface area (Å²) in [5, 5.41) is 18.7. The van der Waals surface area contributed by atoms with Gasteiger partial charge >= 0.3 is 12.0 Å². The lowest BCUT2D eigenvalue weighted by molar-refractivity contribution is -0.141. The first kappa shape index (κ1) is 15.1. The highest BCUT2D eigenvalue weighted by molar-refractivity contribution is 5.83. The van der Waals surface area contributed by atoms with Gasteiger partial charge in [-0.15, -0.1) is 0 Å². The average Bonchev–Trinajstić information content (AvgIpc) is 2.94. The number of likely N-dealkylation sites (tertiary alicyclic amines) is 2. The highest BCUT2D eigenvalue weighted by Crippen LogP contribution is 2.21. The van der Waals surface area contributed by atoms with Crippen molar-refractivity contribution >= 4 is 12.0 Å². The van der Waals surface area contributed by atoms with Gasteiger partial charge in [-0.3, -0.25) is 0 Å². The number of carboxylic acid groups (broad SMARTS) is 1. The van der Waals surface area contributed by atoms with Crippen molar-refractivity contribution in [1.29, 1.82) is 0 Å². The third kappa shape index (κ3) is 3.21. The van der Waals surface area contributed by atoms with Crippen LogP contribution in [-0.2, 0) is 4.79 Å². The van der Waals surface area contributed by atoms with Gasteiger partial charge in [-0.25, -0.2) is 9.59 Å². The maximum absolute atomic E-state index is 12.3. The number of nitrogens with zero attached hydrogens (tertiary/aromatic N) is 3. The first-order valence-corrected chi connectivity index (χ1v) is 6.99. The largest absolute Gasteiger partial charge is 0.480 e. The van der Waals surface area contributed by atoms with Crippen molar-refractivity contribution in [1.82, 2.24) is 14.7 Å². The molecule has 114 valence electrons. The fourth-order valence-electron chi connectivity index (χ4n) is 3.12. The quantitative estimate of drug-likeness (QED) is 0.731. The summed E-state index contributed by atoms with van der Waals surface area (Å²) < 4.78 is 0. The summed E-state index contributed by atoms with van der Waals surface area (Å²) in [7, 11) is 3.75. The molecule has 0 spiro atoms. The molecule has 2 N–H and O–H groups in total. The Balaban J connectivity index is 1.93. The molecule has 20 heavy (non-hydrogen) atoms. The van der Waals surface area contributed by atoms with Crippen LogP contribution in [0, 0.1) is 5.92 Å². The Labute approximate surface area is 118 Å². The zero-order valence-corrected chi connectivity index (χ0v) is 12.0. The molecule has 2 heterocycles. The molecule has 3 atom stereocenters. The molecule has 2 rings (SSSR count). The number of rotatable bonds is 3. The molecule has 0 aromatic rings. The van der Waals surface area contributed by atoms with E-state index in [2.05, 4.69) is 11.9 Å². The molecule has 2 fully saturated rings. The van der Waals surface area contributed by atoms with Crippen LogP contribution < -0.4 is 0 Å². The molecule has 7 heteroatoms. The lowest BCUT2D eigenvalue weighted by Crippen LogP contribution is -2.48. The van der Waals surface area contributed by atoms with E-state index in [9.17, 15) is 14.7 Å². The van der Waals surface area contributed by atoms with E-state index < -0.39 is 18.1 Å². The summed E-state index contributed by atoms with van der Waals surface area (Å²) in [6.45, 7) is 2.72. The number of hydrogen-bond acceptors (Lipinski definition) is 4. The Morgan fingerprint density at radius 2 is 2.05 bits per heavy atom. The summed E-state index contributed by atoms with van der Waals surface area (Å²) in [5.74, 6) is -0.617. The monoisotopic (exact) mass is 285 g/mol. The molecule has 2 amide bonds. The summed E-state index contributed by atoms with van der Waals surface area (Å²) in [6.07, 6.45) is 0.422. The van der Waals surface area contributed by atoms with Crippen molar-refractivity contribution in [2.24, 2.45) is 5.92 Å². The minimum absolute atomic E-state index is 0.102. The third-order valence-corrected chi connectivity index (χ3v) is 4.16. The molecule has 7 nitrogen and oxygen atoms in total. The first-order chi connectivity index (χ1) is 9.38. The topological polar surface area (TPSA) is 84.3 Å². The molecule has 0 bridgehead atoms. The first-order valence-electron chi connectivity index (χ1n) is 6.99. The molecule has 2 saturated heterocycles. The maximum atomic E-state index is 12.3. The van der Waals surface area contributed by atoms with E-state index in [0.717, 1.165) is 19.5 Å². The van der Waals surface area contributed by atoms with Gasteiger partial charge in [-0.2, -0.15) is 0 Å². The van der Waals surface area contributed by atoms with Crippen LogP contribution in [0.4, 0.5) is 4.79 Å². The summed E-state index contributed by atoms with van der Waals surface area (Å²) in [6, 6.07) is -1.21. The molecule has 1 unspecified atom stereocenters. The smallest absolute Gasteiger partial charge is 0.326 e. The van der Waals surface area contributed by atoms with Crippen LogP contribution in [-0.4, -0.2) is 89.3 Å². The Bertz CT molecular complexity index is 390. The number of carbonyl (C=O) groups is 2. The number of aliphatic hydroxyl groups is 1. The lowest BCUT2D eigenvalue weighted by atomic mass is 10.1. The van der Waals surface area contributed by atoms with Crippen LogP contribution >= 0.6 is 0 Å². The molecule has 0 aromatic carbocycles. The van der Waals surface area contributed by atoms with Gasteiger partial charge in [0, 0.05) is 33.1 Å². The van der Waals surface area contributed by atoms with Gasteiger partial charge in [0.15, 0.2) is 0 Å². The number of urea groups is 1. The molecular weight excluding hydrogens is 262 g/mol. The van der Waals surface area contributed by atoms with E-state index in [4.69, 9.17) is 5.11 Å². The third-order valence-electron chi connectivity index (χ3n) is 4.16. The molecule has 0 aliphatic carbocycles. The van der Waals surface area contributed by atoms with Gasteiger partial charge in [0.1, 0.15) is 6.04 Å². The number of β-amino-alcohol motifs (C(OH)–C–C–N with tert-alkyl or cyclic N) is 1. The normalized spacial score (nSPS) is 30.8. The zero-order valence-electron chi connectivity index (χ0n) is 12.0. The van der Waals surface area contributed by atoms with Crippen LogP contribution in [0.1, 0.15) is 12.8 Å². The Morgan fingerprint density at radius 1 is 1.35 bits per heavy atom. The molecule has 2 aliphatic rings. The van der Waals surface area contributed by atoms with Crippen molar-refractivity contribution in [3.05, 3.63) is 0 Å². The van der Waals surface area contributed by atoms with Gasteiger partial charge in [0.2, 0.25) is 0 Å². The standard InChI is InChI=1S/C13H23N3O4/c1-14-4-3-9(6-14)7-15(2)13(20)16-8-10(17)5-11(16)12(18)19/h9-11,17H,3-8H2,1-2H3,(H,18,19)/t9?,10-,11-/m1/s1. The van der Waals surface area contributed by atoms with Gasteiger partial charge in [0.05, 0.1) is 6.10 Å². The van der Waals surface area contributed by atoms with Crippen LogP contribution in [0.2, 0.25) is 0 Å². The van der Waals surface area contributed by atoms with E-state index >= 15 is 0 Å². The highest BCUT2D eigenvalue weighted by Gasteiger charge is 2.40. The second-order valence-corrected chi connectivity index (χ2v) is 5.98. The Kier molecular flexibility index (Phi) is 4.49. The predicted molar refractivity (Wildman–Crippen MR) is 72.4 cm³/mol. The van der Waals surface area contributed by atoms with Crippen molar-refractivity contribution in [3.63, 3.8) is 0 Å². The Hall–Kier alpha value is -1.34. The fourth-order valence-corrected chi connectivity index (χ4v) is 3.12. The summed E-state index contributed by atoms with van der Waals surface area (Å²) >= 11 is 0. The van der Waals surface area contributed by atoms with Gasteiger partial charge < -0.3 is 24.9 Å². The molecular formula is C13H23N3O4. The summed E-state index contributed by atoms with van der Waals surface area (Å²) in [4.78, 5) is 28.6. The van der Waals surface area contributed by atoms with Crippen molar-refractivity contribution in [2.75, 3.05) is 40.3 Å². The maximum Gasteiger partial charge on any atom is 0.326 e. The number of aliphatic carboxylic acids is 1. The number of carboxylic acids is 1. The number of amides is 2. The van der Waals surface area contributed by atoms with Crippen LogP contribution in [0.25, 0.3) is 0 Å². The van der Waals surface area contributed by atoms with Gasteiger partial charge in [0.25, 0.3) is 0 Å². The van der Waals surface area contributed by atoms with Gasteiger partial charge in [-0.1, -0.05) is 0 Å². The van der Waals surface area contributed by atoms with Crippen LogP contribution in [0.15, 0.2) is 0 Å². The Morgan fingerprint density at radius 3 is 2.60 bits per heavy atom. The second kappa shape index (κ2) is 5.97. The van der Waals surface area contributed by atoms with E-state index in [1.54, 1.807) is 11.9 Å². The average molecular weight is 285 g/mol. The van der Waals surface area contributed by atoms with E-state index in [-0.39, 0.29) is 19.0 Å². The van der Waals surface area contributed by atoms with E-state index in [1.165, 1.54) is 4.90 Å². The minimum atomic E-state index is -1.05. The second-order valence-electron chi connectivity index (χ2n) is 5.98. The molecule has 2 aliphatic heterocycles. The number of aliphatic hydroxyl groups excluding tert-OH is 1. The van der Waals surface area contributed by atoms with E-state index in [1.807, 2.05) is 0 Å². The number of hydrogen-bond donors (Lipinski definition) is 2. The zero-order chi connectivity index (χ0) is 14.9. The van der Waals surface area contributed by atoms with Crippen molar-refractivity contribution in [2.45, 2.75) is 25.0 Å². The molecule has 0 radical (unpaired) electrons. The fraction of sp³-hybridized carbons (Fsp3) is 0.846. The SMILES string of the molecule is CN1CCC(CN(C)C(=O)N2C[C@H](O)C[C@@H]2C(=O)O)C1. The highest BCUT2D eigenvalue weighted by atomic mass is 16.4. The van der Waals surface area contributed by atoms with Crippen LogP contribution in [0.5, 0.6) is 0 Å². The summed E-state index contributed by atoms with van der Waals surface area (Å²) in [5.41, 5.74) is 0. The lowest BCUT2D eigenvalue weighted by Gasteiger charge is -2.29. The van der Waals surface area contributed by atoms with Gasteiger partial charge in [-0.05, 0) is 25.9 Å². The minimum Gasteiger partial charge on any atom is -0.480 e.